The van der Waals surface area contributed by atoms with Gasteiger partial charge in [-0.25, -0.2) is 4.39 Å². The van der Waals surface area contributed by atoms with Gasteiger partial charge in [-0.15, -0.1) is 0 Å². The number of carbonyl (C=O) groups is 2. The van der Waals surface area contributed by atoms with Gasteiger partial charge >= 0.3 is 0 Å². The minimum absolute atomic E-state index is 0.00562. The van der Waals surface area contributed by atoms with Crippen molar-refractivity contribution in [3.05, 3.63) is 65.5 Å². The summed E-state index contributed by atoms with van der Waals surface area (Å²) in [7, 11) is 0. The van der Waals surface area contributed by atoms with Crippen LogP contribution in [0, 0.1) is 5.82 Å². The quantitative estimate of drug-likeness (QED) is 0.875. The molecule has 1 aliphatic carbocycles. The molecule has 2 aliphatic rings. The van der Waals surface area contributed by atoms with Crippen LogP contribution in [0.25, 0.3) is 0 Å². The summed E-state index contributed by atoms with van der Waals surface area (Å²) in [5.74, 6) is 1.52. The van der Waals surface area contributed by atoms with E-state index in [1.54, 1.807) is 36.4 Å². The van der Waals surface area contributed by atoms with Crippen molar-refractivity contribution >= 4 is 29.3 Å². The Balaban J connectivity index is 1.49. The molecule has 2 aromatic carbocycles. The number of hydrogen-bond acceptors (Lipinski definition) is 3. The van der Waals surface area contributed by atoms with Crippen molar-refractivity contribution in [2.45, 2.75) is 18.3 Å². The van der Waals surface area contributed by atoms with Crippen molar-refractivity contribution in [1.82, 2.24) is 4.90 Å². The molecule has 2 amide bonds. The lowest BCUT2D eigenvalue weighted by atomic mass is 9.95. The average molecular weight is 384 g/mol. The van der Waals surface area contributed by atoms with Gasteiger partial charge < -0.3 is 10.2 Å². The number of benzene rings is 2. The predicted octanol–water partition coefficient (Wildman–Crippen LogP) is 3.69. The molecule has 2 aromatic rings. The molecule has 0 unspecified atom stereocenters. The van der Waals surface area contributed by atoms with E-state index in [1.807, 2.05) is 16.7 Å². The van der Waals surface area contributed by atoms with E-state index in [0.29, 0.717) is 11.3 Å². The molecule has 4 nitrogen and oxygen atoms in total. The Morgan fingerprint density at radius 3 is 2.41 bits per heavy atom. The highest BCUT2D eigenvalue weighted by molar-refractivity contribution is 7.99. The van der Waals surface area contributed by atoms with Crippen molar-refractivity contribution < 1.29 is 14.0 Å². The van der Waals surface area contributed by atoms with E-state index in [4.69, 9.17) is 0 Å². The number of halogens is 1. The van der Waals surface area contributed by atoms with Gasteiger partial charge in [-0.2, -0.15) is 11.8 Å². The summed E-state index contributed by atoms with van der Waals surface area (Å²) in [6.45, 7) is 1.52. The lowest BCUT2D eigenvalue weighted by Gasteiger charge is -2.26. The van der Waals surface area contributed by atoms with Crippen LogP contribution in [0.1, 0.15) is 28.8 Å². The zero-order chi connectivity index (χ0) is 18.9. The number of amides is 2. The molecule has 0 bridgehead atoms. The second-order valence-corrected chi connectivity index (χ2v) is 8.25. The Morgan fingerprint density at radius 2 is 1.74 bits per heavy atom. The summed E-state index contributed by atoms with van der Waals surface area (Å²) in [5.41, 5.74) is 1.45. The SMILES string of the molecule is O=C(c1cccc(NC(=O)C2(c3ccc(F)cc3)CC2)c1)N1CCSCC1. The van der Waals surface area contributed by atoms with E-state index < -0.39 is 5.41 Å². The monoisotopic (exact) mass is 384 g/mol. The summed E-state index contributed by atoms with van der Waals surface area (Å²) in [5, 5.41) is 2.95. The predicted molar refractivity (Wildman–Crippen MR) is 106 cm³/mol. The third-order valence-electron chi connectivity index (χ3n) is 5.25. The first-order valence-electron chi connectivity index (χ1n) is 9.13. The van der Waals surface area contributed by atoms with Gasteiger partial charge in [-0.1, -0.05) is 18.2 Å². The van der Waals surface area contributed by atoms with E-state index in [-0.39, 0.29) is 17.6 Å². The maximum atomic E-state index is 13.2. The molecule has 1 saturated carbocycles. The van der Waals surface area contributed by atoms with Crippen molar-refractivity contribution in [2.24, 2.45) is 0 Å². The first-order valence-corrected chi connectivity index (χ1v) is 10.3. The van der Waals surface area contributed by atoms with Gasteiger partial charge in [-0.05, 0) is 48.7 Å². The molecule has 27 heavy (non-hydrogen) atoms. The standard InChI is InChI=1S/C21H21FN2O2S/c22-17-6-4-16(5-7-17)21(8-9-21)20(26)23-18-3-1-2-15(14-18)19(25)24-10-12-27-13-11-24/h1-7,14H,8-13H2,(H,23,26). The maximum Gasteiger partial charge on any atom is 0.253 e. The highest BCUT2D eigenvalue weighted by atomic mass is 32.2. The Morgan fingerprint density at radius 1 is 1.04 bits per heavy atom. The molecule has 4 rings (SSSR count). The summed E-state index contributed by atoms with van der Waals surface area (Å²) in [6.07, 6.45) is 1.49. The van der Waals surface area contributed by atoms with Crippen LogP contribution in [0.4, 0.5) is 10.1 Å². The summed E-state index contributed by atoms with van der Waals surface area (Å²) in [4.78, 5) is 27.4. The van der Waals surface area contributed by atoms with Crippen LogP contribution in [0.15, 0.2) is 48.5 Å². The van der Waals surface area contributed by atoms with E-state index in [9.17, 15) is 14.0 Å². The molecule has 1 heterocycles. The molecule has 0 aromatic heterocycles. The Hall–Kier alpha value is -2.34. The van der Waals surface area contributed by atoms with Gasteiger partial charge in [0, 0.05) is 35.8 Å². The van der Waals surface area contributed by atoms with Crippen molar-refractivity contribution in [3.8, 4) is 0 Å². The first-order chi connectivity index (χ1) is 13.1. The molecule has 0 radical (unpaired) electrons. The van der Waals surface area contributed by atoms with Crippen LogP contribution in [0.3, 0.4) is 0 Å². The minimum Gasteiger partial charge on any atom is -0.337 e. The molecule has 0 spiro atoms. The third-order valence-corrected chi connectivity index (χ3v) is 6.19. The van der Waals surface area contributed by atoms with Crippen molar-refractivity contribution in [2.75, 3.05) is 29.9 Å². The number of rotatable bonds is 4. The van der Waals surface area contributed by atoms with E-state index in [1.165, 1.54) is 12.1 Å². The van der Waals surface area contributed by atoms with Gasteiger partial charge in [0.15, 0.2) is 0 Å². The van der Waals surface area contributed by atoms with Crippen LogP contribution < -0.4 is 5.32 Å². The first kappa shape index (κ1) is 18.0. The molecule has 140 valence electrons. The van der Waals surface area contributed by atoms with E-state index in [2.05, 4.69) is 5.32 Å². The Kier molecular flexibility index (Phi) is 4.91. The maximum absolute atomic E-state index is 13.2. The fraction of sp³-hybridized carbons (Fsp3) is 0.333. The molecular weight excluding hydrogens is 363 g/mol. The Labute approximate surface area is 162 Å². The summed E-state index contributed by atoms with van der Waals surface area (Å²) in [6, 6.07) is 13.2. The van der Waals surface area contributed by atoms with E-state index in [0.717, 1.165) is 43.0 Å². The smallest absolute Gasteiger partial charge is 0.253 e. The van der Waals surface area contributed by atoms with Crippen molar-refractivity contribution in [3.63, 3.8) is 0 Å². The highest BCUT2D eigenvalue weighted by Crippen LogP contribution is 2.49. The second kappa shape index (κ2) is 7.35. The average Bonchev–Trinajstić information content (AvgIpc) is 3.51. The number of hydrogen-bond donors (Lipinski definition) is 1. The van der Waals surface area contributed by atoms with Gasteiger partial charge in [0.1, 0.15) is 5.82 Å². The highest BCUT2D eigenvalue weighted by Gasteiger charge is 2.51. The fourth-order valence-corrected chi connectivity index (χ4v) is 4.37. The topological polar surface area (TPSA) is 49.4 Å². The van der Waals surface area contributed by atoms with Gasteiger partial charge in [0.2, 0.25) is 5.91 Å². The number of nitrogens with zero attached hydrogens (tertiary/aromatic N) is 1. The molecule has 0 atom stereocenters. The number of thioether (sulfide) groups is 1. The molecule has 1 N–H and O–H groups in total. The number of anilines is 1. The van der Waals surface area contributed by atoms with Crippen LogP contribution in [-0.2, 0) is 10.2 Å². The van der Waals surface area contributed by atoms with Gasteiger partial charge in [-0.3, -0.25) is 9.59 Å². The molecular formula is C21H21FN2O2S. The van der Waals surface area contributed by atoms with Crippen LogP contribution >= 0.6 is 11.8 Å². The normalized spacial score (nSPS) is 18.0. The number of carbonyl (C=O) groups excluding carboxylic acids is 2. The van der Waals surface area contributed by atoms with Crippen molar-refractivity contribution in [1.29, 1.82) is 0 Å². The minimum atomic E-state index is -0.586. The molecule has 2 fully saturated rings. The zero-order valence-electron chi connectivity index (χ0n) is 14.9. The number of nitrogens with one attached hydrogen (secondary N) is 1. The van der Waals surface area contributed by atoms with Crippen LogP contribution in [0.2, 0.25) is 0 Å². The third kappa shape index (κ3) is 3.72. The fourth-order valence-electron chi connectivity index (χ4n) is 3.47. The summed E-state index contributed by atoms with van der Waals surface area (Å²) >= 11 is 1.86. The van der Waals surface area contributed by atoms with E-state index >= 15 is 0 Å². The van der Waals surface area contributed by atoms with Crippen LogP contribution in [0.5, 0.6) is 0 Å². The lowest BCUT2D eigenvalue weighted by molar-refractivity contribution is -0.118. The molecule has 1 aliphatic heterocycles. The van der Waals surface area contributed by atoms with Gasteiger partial charge in [0.05, 0.1) is 5.41 Å². The van der Waals surface area contributed by atoms with Crippen LogP contribution in [-0.4, -0.2) is 41.3 Å². The summed E-state index contributed by atoms with van der Waals surface area (Å²) < 4.78 is 13.2. The lowest BCUT2D eigenvalue weighted by Crippen LogP contribution is -2.37. The van der Waals surface area contributed by atoms with Gasteiger partial charge in [0.25, 0.3) is 5.91 Å². The second-order valence-electron chi connectivity index (χ2n) is 7.03. The zero-order valence-corrected chi connectivity index (χ0v) is 15.7. The molecule has 6 heteroatoms. The Bertz CT molecular complexity index is 859. The molecule has 1 saturated heterocycles. The largest absolute Gasteiger partial charge is 0.337 e.